The van der Waals surface area contributed by atoms with E-state index in [0.717, 1.165) is 0 Å². The van der Waals surface area contributed by atoms with Crippen molar-refractivity contribution < 1.29 is 9.59 Å². The summed E-state index contributed by atoms with van der Waals surface area (Å²) in [6.07, 6.45) is 0. The first-order valence-electron chi connectivity index (χ1n) is 9.65. The minimum Gasteiger partial charge on any atom is -0.342 e. The first-order valence-corrected chi connectivity index (χ1v) is 11.8. The van der Waals surface area contributed by atoms with Gasteiger partial charge in [0.2, 0.25) is 5.91 Å². The topological polar surface area (TPSA) is 88.9 Å². The molecule has 0 radical (unpaired) electrons. The van der Waals surface area contributed by atoms with E-state index in [1.54, 1.807) is 43.3 Å². The van der Waals surface area contributed by atoms with Crippen molar-refractivity contribution in [2.75, 3.05) is 11.1 Å². The van der Waals surface area contributed by atoms with E-state index in [1.165, 1.54) is 17.8 Å². The highest BCUT2D eigenvalue weighted by Crippen LogP contribution is 2.24. The summed E-state index contributed by atoms with van der Waals surface area (Å²) in [5.41, 5.74) is 0.980. The van der Waals surface area contributed by atoms with Crippen LogP contribution in [0.4, 0.5) is 5.69 Å². The van der Waals surface area contributed by atoms with Crippen LogP contribution >= 0.6 is 46.6 Å². The van der Waals surface area contributed by atoms with Crippen LogP contribution in [0.1, 0.15) is 36.1 Å². The molecule has 0 aliphatic heterocycles. The molecule has 11 heteroatoms. The highest BCUT2D eigenvalue weighted by Gasteiger charge is 2.21. The van der Waals surface area contributed by atoms with Crippen LogP contribution in [0.2, 0.25) is 15.1 Å². The molecule has 1 aromatic heterocycles. The van der Waals surface area contributed by atoms with E-state index in [9.17, 15) is 9.59 Å². The minimum absolute atomic E-state index is 0.155. The number of rotatable bonds is 8. The van der Waals surface area contributed by atoms with Crippen molar-refractivity contribution >= 4 is 64.1 Å². The summed E-state index contributed by atoms with van der Waals surface area (Å²) >= 11 is 19.1. The third-order valence-electron chi connectivity index (χ3n) is 4.43. The first kappa shape index (κ1) is 24.4. The predicted molar refractivity (Wildman–Crippen MR) is 129 cm³/mol. The Bertz CT molecular complexity index is 1120. The summed E-state index contributed by atoms with van der Waals surface area (Å²) in [7, 11) is 0. The van der Waals surface area contributed by atoms with Crippen LogP contribution in [0.3, 0.4) is 0 Å². The number of carbonyl (C=O) groups is 2. The molecule has 7 nitrogen and oxygen atoms in total. The lowest BCUT2D eigenvalue weighted by molar-refractivity contribution is -0.113. The minimum atomic E-state index is -0.432. The summed E-state index contributed by atoms with van der Waals surface area (Å²) in [4.78, 5) is 24.9. The molecule has 0 bridgehead atoms. The Hall–Kier alpha value is -2.26. The fourth-order valence-electron chi connectivity index (χ4n) is 2.90. The van der Waals surface area contributed by atoms with Gasteiger partial charge in [0, 0.05) is 22.3 Å². The Balaban J connectivity index is 1.63. The molecule has 168 valence electrons. The van der Waals surface area contributed by atoms with Gasteiger partial charge in [-0.15, -0.1) is 10.2 Å². The molecule has 32 heavy (non-hydrogen) atoms. The molecule has 1 heterocycles. The van der Waals surface area contributed by atoms with E-state index in [0.29, 0.717) is 38.8 Å². The summed E-state index contributed by atoms with van der Waals surface area (Å²) in [5.74, 6) is 0.207. The Morgan fingerprint density at radius 1 is 1.06 bits per heavy atom. The van der Waals surface area contributed by atoms with Crippen LogP contribution in [0, 0.1) is 0 Å². The second-order valence-corrected chi connectivity index (χ2v) is 8.97. The number of hydrogen-bond donors (Lipinski definition) is 2. The van der Waals surface area contributed by atoms with E-state index in [-0.39, 0.29) is 22.6 Å². The SMILES string of the molecule is CCn1c(SCC(=O)Nc2ccc(Cl)cc2)nnc1[C@@H](C)NC(=O)c1ccc(Cl)cc1Cl. The lowest BCUT2D eigenvalue weighted by Crippen LogP contribution is -2.29. The Morgan fingerprint density at radius 2 is 1.75 bits per heavy atom. The van der Waals surface area contributed by atoms with Crippen molar-refractivity contribution in [2.24, 2.45) is 0 Å². The number of nitrogens with zero attached hydrogens (tertiary/aromatic N) is 3. The Kier molecular flexibility index (Phi) is 8.42. The maximum absolute atomic E-state index is 12.6. The molecule has 3 rings (SSSR count). The normalized spacial score (nSPS) is 11.8. The van der Waals surface area contributed by atoms with Crippen LogP contribution < -0.4 is 10.6 Å². The van der Waals surface area contributed by atoms with Crippen LogP contribution in [-0.4, -0.2) is 32.3 Å². The smallest absolute Gasteiger partial charge is 0.253 e. The van der Waals surface area contributed by atoms with Gasteiger partial charge in [-0.3, -0.25) is 9.59 Å². The zero-order chi connectivity index (χ0) is 23.3. The van der Waals surface area contributed by atoms with E-state index in [4.69, 9.17) is 34.8 Å². The molecule has 0 aliphatic rings. The first-order chi connectivity index (χ1) is 15.3. The highest BCUT2D eigenvalue weighted by molar-refractivity contribution is 7.99. The molecule has 0 saturated carbocycles. The van der Waals surface area contributed by atoms with Gasteiger partial charge in [0.05, 0.1) is 22.4 Å². The molecule has 1 atom stereocenters. The van der Waals surface area contributed by atoms with Crippen molar-refractivity contribution in [3.05, 3.63) is 68.9 Å². The van der Waals surface area contributed by atoms with Crippen molar-refractivity contribution in [3.63, 3.8) is 0 Å². The largest absolute Gasteiger partial charge is 0.342 e. The van der Waals surface area contributed by atoms with Crippen LogP contribution in [0.15, 0.2) is 47.6 Å². The van der Waals surface area contributed by atoms with Gasteiger partial charge < -0.3 is 15.2 Å². The summed E-state index contributed by atoms with van der Waals surface area (Å²) in [5, 5.41) is 16.0. The third-order valence-corrected chi connectivity index (χ3v) is 6.20. The number of amides is 2. The monoisotopic (exact) mass is 511 g/mol. The molecule has 0 fully saturated rings. The number of benzene rings is 2. The van der Waals surface area contributed by atoms with E-state index >= 15 is 0 Å². The zero-order valence-corrected chi connectivity index (χ0v) is 20.3. The lowest BCUT2D eigenvalue weighted by atomic mass is 10.2. The van der Waals surface area contributed by atoms with Crippen molar-refractivity contribution in [3.8, 4) is 0 Å². The van der Waals surface area contributed by atoms with Gasteiger partial charge in [0.25, 0.3) is 5.91 Å². The van der Waals surface area contributed by atoms with Crippen LogP contribution in [0.25, 0.3) is 0 Å². The highest BCUT2D eigenvalue weighted by atomic mass is 35.5. The number of thioether (sulfide) groups is 1. The molecule has 0 saturated heterocycles. The van der Waals surface area contributed by atoms with Gasteiger partial charge >= 0.3 is 0 Å². The predicted octanol–water partition coefficient (Wildman–Crippen LogP) is 5.48. The average molecular weight is 513 g/mol. The molecule has 3 aromatic rings. The number of nitrogens with one attached hydrogen (secondary N) is 2. The summed E-state index contributed by atoms with van der Waals surface area (Å²) in [6.45, 7) is 4.32. The zero-order valence-electron chi connectivity index (χ0n) is 17.2. The number of aromatic nitrogens is 3. The van der Waals surface area contributed by atoms with Gasteiger partial charge in [0.1, 0.15) is 0 Å². The van der Waals surface area contributed by atoms with Gasteiger partial charge in [-0.05, 0) is 56.3 Å². The van der Waals surface area contributed by atoms with Gasteiger partial charge in [0.15, 0.2) is 11.0 Å². The van der Waals surface area contributed by atoms with E-state index in [2.05, 4.69) is 20.8 Å². The number of anilines is 1. The fourth-order valence-corrected chi connectivity index (χ4v) is 4.33. The summed E-state index contributed by atoms with van der Waals surface area (Å²) < 4.78 is 1.86. The maximum atomic E-state index is 12.6. The van der Waals surface area contributed by atoms with E-state index in [1.807, 2.05) is 11.5 Å². The van der Waals surface area contributed by atoms with Gasteiger partial charge in [-0.25, -0.2) is 0 Å². The van der Waals surface area contributed by atoms with Crippen molar-refractivity contribution in [1.82, 2.24) is 20.1 Å². The molecular weight excluding hydrogens is 493 g/mol. The number of hydrogen-bond acceptors (Lipinski definition) is 5. The van der Waals surface area contributed by atoms with Crippen LogP contribution in [0.5, 0.6) is 0 Å². The molecule has 0 aliphatic carbocycles. The molecule has 0 unspecified atom stereocenters. The second kappa shape index (κ2) is 11.0. The Labute approximate surface area is 204 Å². The number of halogens is 3. The van der Waals surface area contributed by atoms with E-state index < -0.39 is 6.04 Å². The van der Waals surface area contributed by atoms with Gasteiger partial charge in [-0.1, -0.05) is 46.6 Å². The molecule has 2 aromatic carbocycles. The quantitative estimate of drug-likeness (QED) is 0.390. The average Bonchev–Trinajstić information content (AvgIpc) is 3.17. The molecular formula is C21H20Cl3N5O2S. The standard InChI is InChI=1S/C21H20Cl3N5O2S/c1-3-29-19(12(2)25-20(31)16-9-6-14(23)10-17(16)24)27-28-21(29)32-11-18(30)26-15-7-4-13(22)5-8-15/h4-10,12H,3,11H2,1-2H3,(H,25,31)(H,26,30)/t12-/m1/s1. The second-order valence-electron chi connectivity index (χ2n) is 6.75. The summed E-state index contributed by atoms with van der Waals surface area (Å²) in [6, 6.07) is 11.1. The maximum Gasteiger partial charge on any atom is 0.253 e. The molecule has 2 amide bonds. The number of carbonyl (C=O) groups excluding carboxylic acids is 2. The van der Waals surface area contributed by atoms with Gasteiger partial charge in [-0.2, -0.15) is 0 Å². The van der Waals surface area contributed by atoms with Crippen molar-refractivity contribution in [1.29, 1.82) is 0 Å². The molecule has 2 N–H and O–H groups in total. The lowest BCUT2D eigenvalue weighted by Gasteiger charge is -2.15. The molecule has 0 spiro atoms. The Morgan fingerprint density at radius 3 is 2.41 bits per heavy atom. The fraction of sp³-hybridized carbons (Fsp3) is 0.238. The third kappa shape index (κ3) is 6.16. The van der Waals surface area contributed by atoms with Crippen LogP contribution in [-0.2, 0) is 11.3 Å². The van der Waals surface area contributed by atoms with Crippen molar-refractivity contribution in [2.45, 2.75) is 31.6 Å².